The van der Waals surface area contributed by atoms with Gasteiger partial charge in [-0.05, 0) is 55.5 Å². The zero-order chi connectivity index (χ0) is 15.5. The highest BCUT2D eigenvalue weighted by molar-refractivity contribution is 5.37. The SMILES string of the molecule is CCC.CCOc1ccc(Oc2ccc(OC)cc2)cc1. The van der Waals surface area contributed by atoms with E-state index in [1.807, 2.05) is 55.5 Å². The highest BCUT2D eigenvalue weighted by Crippen LogP contribution is 2.25. The van der Waals surface area contributed by atoms with Gasteiger partial charge in [-0.1, -0.05) is 20.3 Å². The zero-order valence-electron chi connectivity index (χ0n) is 13.3. The molecule has 114 valence electrons. The van der Waals surface area contributed by atoms with Crippen LogP contribution in [-0.2, 0) is 0 Å². The Morgan fingerprint density at radius 3 is 1.43 bits per heavy atom. The maximum atomic E-state index is 5.70. The maximum Gasteiger partial charge on any atom is 0.127 e. The summed E-state index contributed by atoms with van der Waals surface area (Å²) in [5.74, 6) is 3.22. The minimum absolute atomic E-state index is 0.665. The lowest BCUT2D eigenvalue weighted by Crippen LogP contribution is -1.91. The molecule has 0 N–H and O–H groups in total. The quantitative estimate of drug-likeness (QED) is 0.747. The molecule has 2 aromatic rings. The first-order chi connectivity index (χ1) is 10.2. The van der Waals surface area contributed by atoms with Gasteiger partial charge < -0.3 is 14.2 Å². The topological polar surface area (TPSA) is 27.7 Å². The van der Waals surface area contributed by atoms with E-state index in [4.69, 9.17) is 14.2 Å². The average Bonchev–Trinajstić information content (AvgIpc) is 2.51. The molecule has 0 radical (unpaired) electrons. The molecule has 3 nitrogen and oxygen atoms in total. The second kappa shape index (κ2) is 9.70. The lowest BCUT2D eigenvalue weighted by Gasteiger charge is -2.07. The largest absolute Gasteiger partial charge is 0.497 e. The second-order valence-corrected chi connectivity index (χ2v) is 4.39. The van der Waals surface area contributed by atoms with Gasteiger partial charge in [-0.2, -0.15) is 0 Å². The van der Waals surface area contributed by atoms with E-state index in [0.29, 0.717) is 6.61 Å². The molecule has 0 aliphatic rings. The fraction of sp³-hybridized carbons (Fsp3) is 0.333. The maximum absolute atomic E-state index is 5.70. The fourth-order valence-electron chi connectivity index (χ4n) is 1.55. The molecule has 0 amide bonds. The van der Waals surface area contributed by atoms with Gasteiger partial charge >= 0.3 is 0 Å². The van der Waals surface area contributed by atoms with Crippen LogP contribution in [0.25, 0.3) is 0 Å². The van der Waals surface area contributed by atoms with Gasteiger partial charge in [-0.3, -0.25) is 0 Å². The van der Waals surface area contributed by atoms with Crippen molar-refractivity contribution in [2.45, 2.75) is 27.2 Å². The van der Waals surface area contributed by atoms with Gasteiger partial charge in [0.1, 0.15) is 23.0 Å². The van der Waals surface area contributed by atoms with Gasteiger partial charge in [0.15, 0.2) is 0 Å². The van der Waals surface area contributed by atoms with Crippen molar-refractivity contribution >= 4 is 0 Å². The Hall–Kier alpha value is -2.16. The summed E-state index contributed by atoms with van der Waals surface area (Å²) in [4.78, 5) is 0. The molecular weight excluding hydrogens is 264 g/mol. The van der Waals surface area contributed by atoms with Crippen LogP contribution < -0.4 is 14.2 Å². The number of methoxy groups -OCH3 is 1. The molecule has 0 bridgehead atoms. The van der Waals surface area contributed by atoms with E-state index in [9.17, 15) is 0 Å². The summed E-state index contributed by atoms with van der Waals surface area (Å²) < 4.78 is 16.2. The van der Waals surface area contributed by atoms with Crippen LogP contribution in [0, 0.1) is 0 Å². The third kappa shape index (κ3) is 6.21. The lowest BCUT2D eigenvalue weighted by atomic mass is 10.3. The Kier molecular flexibility index (Phi) is 7.80. The van der Waals surface area contributed by atoms with E-state index in [1.165, 1.54) is 6.42 Å². The highest BCUT2D eigenvalue weighted by Gasteiger charge is 1.99. The van der Waals surface area contributed by atoms with Crippen LogP contribution in [0.1, 0.15) is 27.2 Å². The molecule has 0 aliphatic heterocycles. The van der Waals surface area contributed by atoms with E-state index in [1.54, 1.807) is 7.11 Å². The Bertz CT molecular complexity index is 489. The van der Waals surface area contributed by atoms with Gasteiger partial charge in [0.25, 0.3) is 0 Å². The minimum Gasteiger partial charge on any atom is -0.497 e. The Labute approximate surface area is 127 Å². The van der Waals surface area contributed by atoms with E-state index < -0.39 is 0 Å². The van der Waals surface area contributed by atoms with Crippen LogP contribution in [0.2, 0.25) is 0 Å². The number of hydrogen-bond acceptors (Lipinski definition) is 3. The number of rotatable bonds is 5. The van der Waals surface area contributed by atoms with Crippen molar-refractivity contribution in [3.05, 3.63) is 48.5 Å². The van der Waals surface area contributed by atoms with E-state index in [-0.39, 0.29) is 0 Å². The summed E-state index contributed by atoms with van der Waals surface area (Å²) in [6.07, 6.45) is 1.25. The lowest BCUT2D eigenvalue weighted by molar-refractivity contribution is 0.339. The van der Waals surface area contributed by atoms with Crippen molar-refractivity contribution in [2.24, 2.45) is 0 Å². The summed E-state index contributed by atoms with van der Waals surface area (Å²) in [5.41, 5.74) is 0. The van der Waals surface area contributed by atoms with Crippen molar-refractivity contribution in [3.8, 4) is 23.0 Å². The fourth-order valence-corrected chi connectivity index (χ4v) is 1.55. The predicted octanol–water partition coefficient (Wildman–Crippen LogP) is 5.30. The molecule has 0 saturated carbocycles. The molecule has 0 saturated heterocycles. The summed E-state index contributed by atoms with van der Waals surface area (Å²) in [6.45, 7) is 6.88. The Morgan fingerprint density at radius 1 is 0.667 bits per heavy atom. The smallest absolute Gasteiger partial charge is 0.127 e. The Morgan fingerprint density at radius 2 is 1.05 bits per heavy atom. The first-order valence-corrected chi connectivity index (χ1v) is 7.28. The number of hydrogen-bond donors (Lipinski definition) is 0. The summed E-state index contributed by atoms with van der Waals surface area (Å²) in [6, 6.07) is 15.0. The molecule has 0 aromatic heterocycles. The van der Waals surface area contributed by atoms with Gasteiger partial charge in [0, 0.05) is 0 Å². The third-order valence-corrected chi connectivity index (χ3v) is 2.43. The van der Waals surface area contributed by atoms with Crippen LogP contribution in [0.15, 0.2) is 48.5 Å². The summed E-state index contributed by atoms with van der Waals surface area (Å²) in [7, 11) is 1.64. The van der Waals surface area contributed by atoms with Crippen molar-refractivity contribution in [1.29, 1.82) is 0 Å². The van der Waals surface area contributed by atoms with Crippen LogP contribution >= 0.6 is 0 Å². The highest BCUT2D eigenvalue weighted by atomic mass is 16.5. The molecule has 0 fully saturated rings. The monoisotopic (exact) mass is 288 g/mol. The molecule has 3 heteroatoms. The standard InChI is InChI=1S/C15H16O3.C3H8/c1-3-17-13-6-10-15(11-7-13)18-14-8-4-12(16-2)5-9-14;1-3-2/h4-11H,3H2,1-2H3;3H2,1-2H3. The van der Waals surface area contributed by atoms with E-state index in [2.05, 4.69) is 13.8 Å². The molecule has 0 heterocycles. The van der Waals surface area contributed by atoms with Crippen LogP contribution in [-0.4, -0.2) is 13.7 Å². The van der Waals surface area contributed by atoms with Crippen molar-refractivity contribution in [2.75, 3.05) is 13.7 Å². The van der Waals surface area contributed by atoms with Crippen molar-refractivity contribution in [3.63, 3.8) is 0 Å². The van der Waals surface area contributed by atoms with Gasteiger partial charge in [-0.25, -0.2) is 0 Å². The van der Waals surface area contributed by atoms with E-state index >= 15 is 0 Å². The average molecular weight is 288 g/mol. The van der Waals surface area contributed by atoms with Gasteiger partial charge in [-0.15, -0.1) is 0 Å². The molecule has 0 spiro atoms. The second-order valence-electron chi connectivity index (χ2n) is 4.39. The van der Waals surface area contributed by atoms with Crippen LogP contribution in [0.5, 0.6) is 23.0 Å². The first kappa shape index (κ1) is 16.9. The van der Waals surface area contributed by atoms with Crippen molar-refractivity contribution in [1.82, 2.24) is 0 Å². The molecule has 2 aromatic carbocycles. The predicted molar refractivity (Wildman–Crippen MR) is 86.6 cm³/mol. The van der Waals surface area contributed by atoms with Gasteiger partial charge in [0.2, 0.25) is 0 Å². The zero-order valence-corrected chi connectivity index (χ0v) is 13.3. The first-order valence-electron chi connectivity index (χ1n) is 7.28. The summed E-state index contributed by atoms with van der Waals surface area (Å²) >= 11 is 0. The Balaban J connectivity index is 0.000000677. The van der Waals surface area contributed by atoms with Crippen LogP contribution in [0.4, 0.5) is 0 Å². The molecule has 0 unspecified atom stereocenters. The third-order valence-electron chi connectivity index (χ3n) is 2.43. The molecule has 2 rings (SSSR count). The molecule has 0 aliphatic carbocycles. The van der Waals surface area contributed by atoms with Gasteiger partial charge in [0.05, 0.1) is 13.7 Å². The van der Waals surface area contributed by atoms with Crippen molar-refractivity contribution < 1.29 is 14.2 Å². The minimum atomic E-state index is 0.665. The van der Waals surface area contributed by atoms with Crippen LogP contribution in [0.3, 0.4) is 0 Å². The number of benzene rings is 2. The molecular formula is C18H24O3. The van der Waals surface area contributed by atoms with E-state index in [0.717, 1.165) is 23.0 Å². The summed E-state index contributed by atoms with van der Waals surface area (Å²) in [5, 5.41) is 0. The molecule has 21 heavy (non-hydrogen) atoms. The number of ether oxygens (including phenoxy) is 3. The normalized spacial score (nSPS) is 9.33. The molecule has 0 atom stereocenters.